The Morgan fingerprint density at radius 2 is 1.97 bits per heavy atom. The van der Waals surface area contributed by atoms with Crippen LogP contribution in [0.1, 0.15) is 30.1 Å². The topological polar surface area (TPSA) is 106 Å². The van der Waals surface area contributed by atoms with Gasteiger partial charge in [-0.15, -0.1) is 0 Å². The molecule has 9 nitrogen and oxygen atoms in total. The molecule has 0 spiro atoms. The molecule has 1 saturated heterocycles. The summed E-state index contributed by atoms with van der Waals surface area (Å²) < 4.78 is 36.2. The van der Waals surface area contributed by atoms with Gasteiger partial charge in [-0.2, -0.15) is 9.29 Å². The fourth-order valence-corrected chi connectivity index (χ4v) is 5.14. The third kappa shape index (κ3) is 3.93. The van der Waals surface area contributed by atoms with Crippen molar-refractivity contribution in [2.75, 3.05) is 33.0 Å². The van der Waals surface area contributed by atoms with E-state index in [2.05, 4.69) is 10.1 Å². The van der Waals surface area contributed by atoms with Crippen molar-refractivity contribution in [2.24, 2.45) is 0 Å². The maximum Gasteiger partial charge on any atom is 0.233 e. The number of nitrogens with zero attached hydrogens (tertiary/aromatic N) is 4. The smallest absolute Gasteiger partial charge is 0.233 e. The van der Waals surface area contributed by atoms with Gasteiger partial charge in [-0.25, -0.2) is 8.42 Å². The number of hydrogen-bond donors (Lipinski definition) is 0. The third-order valence-corrected chi connectivity index (χ3v) is 7.24. The molecule has 1 aromatic heterocycles. The molecule has 1 aromatic carbocycles. The summed E-state index contributed by atoms with van der Waals surface area (Å²) >= 11 is 0. The molecule has 0 unspecified atom stereocenters. The van der Waals surface area contributed by atoms with Gasteiger partial charge in [0, 0.05) is 33.0 Å². The highest BCUT2D eigenvalue weighted by atomic mass is 32.2. The Bertz CT molecular complexity index is 1020. The van der Waals surface area contributed by atoms with E-state index in [0.717, 1.165) is 24.2 Å². The summed E-state index contributed by atoms with van der Waals surface area (Å²) in [6.45, 7) is 2.75. The molecule has 162 valence electrons. The molecule has 2 fully saturated rings. The van der Waals surface area contributed by atoms with Crippen LogP contribution in [0.25, 0.3) is 0 Å². The Hall–Kier alpha value is -2.46. The van der Waals surface area contributed by atoms with Crippen molar-refractivity contribution in [3.63, 3.8) is 0 Å². The van der Waals surface area contributed by atoms with E-state index in [-0.39, 0.29) is 18.5 Å². The van der Waals surface area contributed by atoms with Gasteiger partial charge in [-0.1, -0.05) is 17.3 Å². The Morgan fingerprint density at radius 3 is 2.47 bits per heavy atom. The van der Waals surface area contributed by atoms with E-state index in [1.54, 1.807) is 18.9 Å². The Morgan fingerprint density at radius 1 is 1.30 bits per heavy atom. The van der Waals surface area contributed by atoms with Gasteiger partial charge in [0.2, 0.25) is 21.8 Å². The normalized spacial score (nSPS) is 18.3. The molecule has 1 saturated carbocycles. The molecule has 2 aliphatic rings. The first-order valence-electron chi connectivity index (χ1n) is 9.93. The van der Waals surface area contributed by atoms with E-state index in [9.17, 15) is 13.2 Å². The van der Waals surface area contributed by atoms with Gasteiger partial charge in [-0.3, -0.25) is 4.79 Å². The Balaban J connectivity index is 1.39. The van der Waals surface area contributed by atoms with Crippen LogP contribution < -0.4 is 4.74 Å². The number of ether oxygens (including phenoxy) is 1. The highest BCUT2D eigenvalue weighted by Gasteiger charge is 2.55. The number of methoxy groups -OCH3 is 1. The molecule has 2 aromatic rings. The van der Waals surface area contributed by atoms with Crippen LogP contribution >= 0.6 is 0 Å². The molecular weight excluding hydrogens is 408 g/mol. The number of sulfonamides is 1. The summed E-state index contributed by atoms with van der Waals surface area (Å²) in [5.41, 5.74) is 0.513. The van der Waals surface area contributed by atoms with Gasteiger partial charge in [0.15, 0.2) is 5.82 Å². The van der Waals surface area contributed by atoms with E-state index in [1.807, 2.05) is 24.3 Å². The summed E-state index contributed by atoms with van der Waals surface area (Å²) in [5.74, 6) is 1.76. The average molecular weight is 435 g/mol. The molecule has 30 heavy (non-hydrogen) atoms. The first-order valence-corrected chi connectivity index (χ1v) is 11.8. The number of carbonyl (C=O) groups excluding carboxylic acids is 1. The second kappa shape index (κ2) is 7.66. The minimum atomic E-state index is -3.42. The minimum absolute atomic E-state index is 0.0751. The predicted octanol–water partition coefficient (Wildman–Crippen LogP) is 1.13. The number of benzene rings is 1. The Kier molecular flexibility index (Phi) is 5.31. The van der Waals surface area contributed by atoms with Crippen molar-refractivity contribution in [3.8, 4) is 5.75 Å². The second-order valence-electron chi connectivity index (χ2n) is 8.03. The van der Waals surface area contributed by atoms with Crippen LogP contribution in [-0.2, 0) is 26.7 Å². The molecule has 2 heterocycles. The summed E-state index contributed by atoms with van der Waals surface area (Å²) in [5, 5.41) is 3.82. The molecule has 0 bridgehead atoms. The number of rotatable bonds is 8. The number of likely N-dealkylation sites (tertiary alicyclic amines) is 1. The van der Waals surface area contributed by atoms with Crippen LogP contribution in [0.2, 0.25) is 0 Å². The minimum Gasteiger partial charge on any atom is -0.497 e. The maximum atomic E-state index is 13.2. The molecular formula is C20H26N4O5S. The molecule has 1 aliphatic carbocycles. The highest BCUT2D eigenvalue weighted by molar-refractivity contribution is 7.88. The van der Waals surface area contributed by atoms with Crippen LogP contribution in [0.5, 0.6) is 5.75 Å². The number of amides is 1. The van der Waals surface area contributed by atoms with Crippen LogP contribution in [0.15, 0.2) is 28.8 Å². The molecule has 0 N–H and O–H groups in total. The van der Waals surface area contributed by atoms with Crippen molar-refractivity contribution in [2.45, 2.75) is 37.6 Å². The van der Waals surface area contributed by atoms with E-state index in [0.29, 0.717) is 31.2 Å². The molecule has 1 amide bonds. The van der Waals surface area contributed by atoms with E-state index in [1.165, 1.54) is 10.6 Å². The van der Waals surface area contributed by atoms with Gasteiger partial charge in [0.25, 0.3) is 0 Å². The molecule has 10 heteroatoms. The lowest BCUT2D eigenvalue weighted by Crippen LogP contribution is -2.63. The molecule has 0 atom stereocenters. The zero-order valence-electron chi connectivity index (χ0n) is 17.4. The molecule has 0 radical (unpaired) electrons. The van der Waals surface area contributed by atoms with Crippen molar-refractivity contribution < 1.29 is 22.5 Å². The van der Waals surface area contributed by atoms with Crippen LogP contribution in [0, 0.1) is 6.92 Å². The zero-order valence-corrected chi connectivity index (χ0v) is 18.2. The summed E-state index contributed by atoms with van der Waals surface area (Å²) in [6, 6.07) is 7.38. The summed E-state index contributed by atoms with van der Waals surface area (Å²) in [4.78, 5) is 19.0. The number of carbonyl (C=O) groups is 1. The zero-order chi connectivity index (χ0) is 21.5. The van der Waals surface area contributed by atoms with Gasteiger partial charge in [-0.05, 0) is 30.5 Å². The first-order chi connectivity index (χ1) is 14.2. The fraction of sp³-hybridized carbons (Fsp3) is 0.550. The van der Waals surface area contributed by atoms with Crippen LogP contribution in [0.4, 0.5) is 0 Å². The van der Waals surface area contributed by atoms with Gasteiger partial charge in [0.05, 0.1) is 24.8 Å². The van der Waals surface area contributed by atoms with Crippen molar-refractivity contribution in [1.29, 1.82) is 0 Å². The SMILES string of the molecule is COc1ccc(C2(C(=O)N3CC(N(CCc4noc(C)n4)S(C)(=O)=O)C3)CC2)cc1. The first kappa shape index (κ1) is 20.8. The van der Waals surface area contributed by atoms with Crippen molar-refractivity contribution in [3.05, 3.63) is 41.5 Å². The van der Waals surface area contributed by atoms with Gasteiger partial charge < -0.3 is 14.2 Å². The van der Waals surface area contributed by atoms with E-state index >= 15 is 0 Å². The van der Waals surface area contributed by atoms with Gasteiger partial charge >= 0.3 is 0 Å². The fourth-order valence-electron chi connectivity index (χ4n) is 4.04. The van der Waals surface area contributed by atoms with Crippen molar-refractivity contribution >= 4 is 15.9 Å². The largest absolute Gasteiger partial charge is 0.497 e. The Labute approximate surface area is 176 Å². The highest BCUT2D eigenvalue weighted by Crippen LogP contribution is 2.50. The maximum absolute atomic E-state index is 13.2. The van der Waals surface area contributed by atoms with Crippen molar-refractivity contribution in [1.82, 2.24) is 19.3 Å². The second-order valence-corrected chi connectivity index (χ2v) is 9.96. The standard InChI is InChI=1S/C20H26N4O5S/c1-14-21-18(22-29-14)8-11-24(30(3,26)27)16-12-23(13-16)19(25)20(9-10-20)15-4-6-17(28-2)7-5-15/h4-7,16H,8-13H2,1-3H3. The lowest BCUT2D eigenvalue weighted by molar-refractivity contribution is -0.140. The lowest BCUT2D eigenvalue weighted by Gasteiger charge is -2.45. The summed E-state index contributed by atoms with van der Waals surface area (Å²) in [7, 11) is -1.81. The van der Waals surface area contributed by atoms with Crippen LogP contribution in [0.3, 0.4) is 0 Å². The van der Waals surface area contributed by atoms with Crippen LogP contribution in [-0.4, -0.2) is 72.7 Å². The summed E-state index contributed by atoms with van der Waals surface area (Å²) in [6.07, 6.45) is 3.18. The molecule has 4 rings (SSSR count). The average Bonchev–Trinajstić information content (AvgIpc) is 3.38. The van der Waals surface area contributed by atoms with E-state index < -0.39 is 15.4 Å². The monoisotopic (exact) mass is 434 g/mol. The third-order valence-electron chi connectivity index (χ3n) is 5.91. The van der Waals surface area contributed by atoms with Gasteiger partial charge in [0.1, 0.15) is 5.75 Å². The predicted molar refractivity (Wildman–Crippen MR) is 109 cm³/mol. The molecule has 1 aliphatic heterocycles. The van der Waals surface area contributed by atoms with E-state index in [4.69, 9.17) is 9.26 Å². The number of hydrogen-bond acceptors (Lipinski definition) is 7. The number of aromatic nitrogens is 2. The number of aryl methyl sites for hydroxylation is 1. The lowest BCUT2D eigenvalue weighted by atomic mass is 9.92. The quantitative estimate of drug-likeness (QED) is 0.613.